The van der Waals surface area contributed by atoms with Gasteiger partial charge in [-0.1, -0.05) is 0 Å². The second-order valence-electron chi connectivity index (χ2n) is 3.39. The lowest BCUT2D eigenvalue weighted by molar-refractivity contribution is 0.0285. The molecular weight excluding hydrogens is 288 g/mol. The number of rotatable bonds is 6. The van der Waals surface area contributed by atoms with Gasteiger partial charge >= 0.3 is 0 Å². The highest BCUT2D eigenvalue weighted by Gasteiger charge is 2.10. The zero-order valence-electron chi connectivity index (χ0n) is 9.77. The fraction of sp³-hybridized carbons (Fsp3) is 0.455. The summed E-state index contributed by atoms with van der Waals surface area (Å²) in [5.74, 6) is -0.161. The lowest BCUT2D eigenvalue weighted by Crippen LogP contribution is -2.35. The molecule has 1 heterocycles. The van der Waals surface area contributed by atoms with Crippen LogP contribution in [0, 0.1) is 0 Å². The molecule has 1 amide bonds. The van der Waals surface area contributed by atoms with Crippen molar-refractivity contribution in [3.8, 4) is 0 Å². The van der Waals surface area contributed by atoms with Gasteiger partial charge in [0.05, 0.1) is 12.7 Å². The molecule has 1 rings (SSSR count). The lowest BCUT2D eigenvalue weighted by atomic mass is 10.2. The maximum absolute atomic E-state index is 11.8. The van der Waals surface area contributed by atoms with E-state index in [2.05, 4.69) is 26.2 Å². The average Bonchev–Trinajstić information content (AvgIpc) is 2.34. The largest absolute Gasteiger partial charge is 0.382 e. The lowest BCUT2D eigenvalue weighted by Gasteiger charge is -2.14. The number of hydrogen-bond acceptors (Lipinski definition) is 4. The van der Waals surface area contributed by atoms with Gasteiger partial charge < -0.3 is 14.8 Å². The molecule has 0 bridgehead atoms. The van der Waals surface area contributed by atoms with E-state index in [4.69, 9.17) is 9.47 Å². The summed E-state index contributed by atoms with van der Waals surface area (Å²) >= 11 is 3.21. The summed E-state index contributed by atoms with van der Waals surface area (Å²) in [7, 11) is 3.17. The van der Waals surface area contributed by atoms with Crippen molar-refractivity contribution in [1.82, 2.24) is 10.3 Å². The predicted octanol–water partition coefficient (Wildman–Crippen LogP) is 1.24. The molecule has 5 nitrogen and oxygen atoms in total. The number of hydrogen-bond donors (Lipinski definition) is 1. The second kappa shape index (κ2) is 7.37. The average molecular weight is 303 g/mol. The third-order valence-electron chi connectivity index (χ3n) is 2.16. The molecule has 1 unspecified atom stereocenters. The van der Waals surface area contributed by atoms with E-state index < -0.39 is 0 Å². The SMILES string of the molecule is COCC(CNC(=O)c1ccnc(Br)c1)OC. The number of methoxy groups -OCH3 is 2. The van der Waals surface area contributed by atoms with E-state index in [0.29, 0.717) is 23.3 Å². The first kappa shape index (κ1) is 14.1. The fourth-order valence-electron chi connectivity index (χ4n) is 1.25. The minimum absolute atomic E-state index is 0.144. The van der Waals surface area contributed by atoms with Gasteiger partial charge in [-0.2, -0.15) is 0 Å². The number of ether oxygens (including phenoxy) is 2. The van der Waals surface area contributed by atoms with Gasteiger partial charge in [0.15, 0.2) is 0 Å². The summed E-state index contributed by atoms with van der Waals surface area (Å²) in [4.78, 5) is 15.7. The van der Waals surface area contributed by atoms with Crippen LogP contribution in [0.4, 0.5) is 0 Å². The number of carbonyl (C=O) groups is 1. The van der Waals surface area contributed by atoms with Crippen LogP contribution < -0.4 is 5.32 Å². The zero-order valence-corrected chi connectivity index (χ0v) is 11.4. The van der Waals surface area contributed by atoms with Crippen molar-refractivity contribution in [2.24, 2.45) is 0 Å². The first-order chi connectivity index (χ1) is 8.17. The normalized spacial score (nSPS) is 12.2. The van der Waals surface area contributed by atoms with Gasteiger partial charge in [0.1, 0.15) is 4.60 Å². The highest BCUT2D eigenvalue weighted by molar-refractivity contribution is 9.10. The minimum atomic E-state index is -0.161. The number of nitrogens with one attached hydrogen (secondary N) is 1. The predicted molar refractivity (Wildman–Crippen MR) is 66.9 cm³/mol. The molecule has 0 aromatic carbocycles. The highest BCUT2D eigenvalue weighted by atomic mass is 79.9. The molecule has 17 heavy (non-hydrogen) atoms. The smallest absolute Gasteiger partial charge is 0.251 e. The first-order valence-corrected chi connectivity index (χ1v) is 5.88. The summed E-state index contributed by atoms with van der Waals surface area (Å²) in [5, 5.41) is 2.77. The third-order valence-corrected chi connectivity index (χ3v) is 2.60. The Labute approximate surface area is 109 Å². The van der Waals surface area contributed by atoms with Crippen molar-refractivity contribution >= 4 is 21.8 Å². The maximum atomic E-state index is 11.8. The van der Waals surface area contributed by atoms with Crippen LogP contribution in [0.2, 0.25) is 0 Å². The number of amides is 1. The van der Waals surface area contributed by atoms with Crippen LogP contribution in [-0.2, 0) is 9.47 Å². The Morgan fingerprint density at radius 2 is 2.35 bits per heavy atom. The van der Waals surface area contributed by atoms with Crippen molar-refractivity contribution in [2.45, 2.75) is 6.10 Å². The Morgan fingerprint density at radius 3 is 2.94 bits per heavy atom. The topological polar surface area (TPSA) is 60.5 Å². The zero-order chi connectivity index (χ0) is 12.7. The van der Waals surface area contributed by atoms with E-state index >= 15 is 0 Å². The first-order valence-electron chi connectivity index (χ1n) is 5.09. The van der Waals surface area contributed by atoms with Crippen LogP contribution in [0.3, 0.4) is 0 Å². The highest BCUT2D eigenvalue weighted by Crippen LogP contribution is 2.07. The molecule has 0 radical (unpaired) electrons. The Bertz CT molecular complexity index is 373. The summed E-state index contributed by atoms with van der Waals surface area (Å²) < 4.78 is 10.7. The molecule has 0 aliphatic carbocycles. The van der Waals surface area contributed by atoms with Crippen LogP contribution in [0.25, 0.3) is 0 Å². The molecule has 6 heteroatoms. The number of nitrogens with zero attached hydrogens (tertiary/aromatic N) is 1. The number of pyridine rings is 1. The summed E-state index contributed by atoms with van der Waals surface area (Å²) in [6.45, 7) is 0.847. The number of halogens is 1. The summed E-state index contributed by atoms with van der Waals surface area (Å²) in [6.07, 6.45) is 1.43. The summed E-state index contributed by atoms with van der Waals surface area (Å²) in [5.41, 5.74) is 0.555. The molecule has 0 saturated carbocycles. The molecule has 1 aromatic rings. The molecular formula is C11H15BrN2O3. The van der Waals surface area contributed by atoms with Crippen molar-refractivity contribution in [3.63, 3.8) is 0 Å². The van der Waals surface area contributed by atoms with Crippen LogP contribution in [0.15, 0.2) is 22.9 Å². The van der Waals surface area contributed by atoms with Crippen molar-refractivity contribution in [1.29, 1.82) is 0 Å². The van der Waals surface area contributed by atoms with E-state index in [1.807, 2.05) is 0 Å². The van der Waals surface area contributed by atoms with Gasteiger partial charge in [0.2, 0.25) is 0 Å². The molecule has 0 spiro atoms. The quantitative estimate of drug-likeness (QED) is 0.803. The van der Waals surface area contributed by atoms with Crippen LogP contribution in [0.5, 0.6) is 0 Å². The van der Waals surface area contributed by atoms with E-state index in [1.54, 1.807) is 32.5 Å². The van der Waals surface area contributed by atoms with E-state index in [0.717, 1.165) is 0 Å². The minimum Gasteiger partial charge on any atom is -0.382 e. The fourth-order valence-corrected chi connectivity index (χ4v) is 1.61. The van der Waals surface area contributed by atoms with Gasteiger partial charge in [-0.15, -0.1) is 0 Å². The Hall–Kier alpha value is -0.980. The number of carbonyl (C=O) groups excluding carboxylic acids is 1. The van der Waals surface area contributed by atoms with Crippen molar-refractivity contribution in [2.75, 3.05) is 27.4 Å². The van der Waals surface area contributed by atoms with Gasteiger partial charge in [0.25, 0.3) is 5.91 Å². The van der Waals surface area contributed by atoms with Gasteiger partial charge in [-0.25, -0.2) is 4.98 Å². The molecule has 94 valence electrons. The van der Waals surface area contributed by atoms with E-state index in [1.165, 1.54) is 0 Å². The van der Waals surface area contributed by atoms with Gasteiger partial charge in [-0.3, -0.25) is 4.79 Å². The summed E-state index contributed by atoms with van der Waals surface area (Å²) in [6, 6.07) is 3.31. The standard InChI is InChI=1S/C11H15BrN2O3/c1-16-7-9(17-2)6-14-11(15)8-3-4-13-10(12)5-8/h3-5,9H,6-7H2,1-2H3,(H,14,15). The molecule has 0 saturated heterocycles. The van der Waals surface area contributed by atoms with E-state index in [9.17, 15) is 4.79 Å². The molecule has 1 N–H and O–H groups in total. The van der Waals surface area contributed by atoms with Gasteiger partial charge in [-0.05, 0) is 28.1 Å². The molecule has 1 atom stereocenters. The molecule has 0 aliphatic rings. The van der Waals surface area contributed by atoms with Crippen molar-refractivity contribution < 1.29 is 14.3 Å². The molecule has 0 fully saturated rings. The van der Waals surface area contributed by atoms with Gasteiger partial charge in [0, 0.05) is 32.5 Å². The third kappa shape index (κ3) is 4.80. The van der Waals surface area contributed by atoms with E-state index in [-0.39, 0.29) is 12.0 Å². The number of aromatic nitrogens is 1. The maximum Gasteiger partial charge on any atom is 0.251 e. The second-order valence-corrected chi connectivity index (χ2v) is 4.20. The van der Waals surface area contributed by atoms with Crippen LogP contribution in [-0.4, -0.2) is 44.4 Å². The van der Waals surface area contributed by atoms with Crippen LogP contribution >= 0.6 is 15.9 Å². The Morgan fingerprint density at radius 1 is 1.59 bits per heavy atom. The monoisotopic (exact) mass is 302 g/mol. The Kier molecular flexibility index (Phi) is 6.10. The molecule has 1 aromatic heterocycles. The van der Waals surface area contributed by atoms with Crippen molar-refractivity contribution in [3.05, 3.63) is 28.5 Å². The van der Waals surface area contributed by atoms with Crippen LogP contribution in [0.1, 0.15) is 10.4 Å². The Balaban J connectivity index is 2.49. The molecule has 0 aliphatic heterocycles.